The second kappa shape index (κ2) is 13.6. The Bertz CT molecular complexity index is 1650. The molecule has 3 heterocycles. The van der Waals surface area contributed by atoms with Gasteiger partial charge in [0.25, 0.3) is 0 Å². The van der Waals surface area contributed by atoms with Gasteiger partial charge in [0.05, 0.1) is 10.6 Å². The topological polar surface area (TPSA) is 90.4 Å². The fraction of sp³-hybridized carbons (Fsp3) is 0.314. The second-order valence-corrected chi connectivity index (χ2v) is 11.5. The van der Waals surface area contributed by atoms with Gasteiger partial charge >= 0.3 is 5.97 Å². The van der Waals surface area contributed by atoms with Crippen LogP contribution < -0.4 is 18.9 Å². The third-order valence-corrected chi connectivity index (χ3v) is 8.37. The number of nitrogens with zero attached hydrogens (tertiary/aromatic N) is 2. The third kappa shape index (κ3) is 6.93. The van der Waals surface area contributed by atoms with Gasteiger partial charge in [0.15, 0.2) is 11.5 Å². The summed E-state index contributed by atoms with van der Waals surface area (Å²) in [5.74, 6) is 1.66. The van der Waals surface area contributed by atoms with E-state index < -0.39 is 5.97 Å². The normalized spacial score (nSPS) is 14.7. The summed E-state index contributed by atoms with van der Waals surface area (Å²) in [5, 5.41) is 9.87. The molecule has 0 amide bonds. The zero-order valence-corrected chi connectivity index (χ0v) is 25.4. The molecule has 3 aromatic carbocycles. The highest BCUT2D eigenvalue weighted by atomic mass is 35.5. The molecule has 1 fully saturated rings. The molecule has 0 bridgehead atoms. The van der Waals surface area contributed by atoms with Gasteiger partial charge in [-0.3, -0.25) is 9.88 Å². The molecule has 2 aliphatic heterocycles. The predicted molar refractivity (Wildman–Crippen MR) is 168 cm³/mol. The molecule has 1 saturated heterocycles. The van der Waals surface area contributed by atoms with Crippen molar-refractivity contribution in [3.8, 4) is 34.1 Å². The van der Waals surface area contributed by atoms with E-state index in [4.69, 9.17) is 30.5 Å². The van der Waals surface area contributed by atoms with Gasteiger partial charge in [-0.1, -0.05) is 42.3 Å². The van der Waals surface area contributed by atoms with Crippen LogP contribution in [0, 0.1) is 6.92 Å². The van der Waals surface area contributed by atoms with Crippen LogP contribution in [0.5, 0.6) is 23.0 Å². The monoisotopic (exact) mass is 614 g/mol. The molecular weight excluding hydrogens is 580 g/mol. The fourth-order valence-electron chi connectivity index (χ4n) is 5.67. The highest BCUT2D eigenvalue weighted by Crippen LogP contribution is 2.38. The van der Waals surface area contributed by atoms with Crippen molar-refractivity contribution in [2.75, 3.05) is 26.3 Å². The van der Waals surface area contributed by atoms with Gasteiger partial charge in [-0.2, -0.15) is 0 Å². The molecule has 0 spiro atoms. The average Bonchev–Trinajstić information content (AvgIpc) is 3.05. The molecule has 8 nitrogen and oxygen atoms in total. The Balaban J connectivity index is 1.23. The van der Waals surface area contributed by atoms with Crippen LogP contribution in [0.15, 0.2) is 67.0 Å². The Morgan fingerprint density at radius 3 is 2.52 bits per heavy atom. The molecule has 0 unspecified atom stereocenters. The summed E-state index contributed by atoms with van der Waals surface area (Å²) in [6, 6.07) is 17.5. The maximum atomic E-state index is 11.4. The van der Waals surface area contributed by atoms with E-state index in [2.05, 4.69) is 28.9 Å². The minimum Gasteiger partial charge on any atom is -0.488 e. The quantitative estimate of drug-likeness (QED) is 0.199. The number of carbonyl (C=O) groups is 1. The molecule has 1 aromatic heterocycles. The molecule has 6 rings (SSSR count). The number of fused-ring (bicyclic) bond motifs is 1. The van der Waals surface area contributed by atoms with Crippen molar-refractivity contribution in [2.45, 2.75) is 45.9 Å². The first-order valence-corrected chi connectivity index (χ1v) is 15.3. The van der Waals surface area contributed by atoms with Crippen LogP contribution >= 0.6 is 11.6 Å². The number of likely N-dealkylation sites (tertiary alicyclic amines) is 1. The number of aromatic nitrogens is 1. The first-order valence-electron chi connectivity index (χ1n) is 14.9. The van der Waals surface area contributed by atoms with Crippen LogP contribution in [0.4, 0.5) is 0 Å². The van der Waals surface area contributed by atoms with Gasteiger partial charge in [0.1, 0.15) is 37.9 Å². The highest BCUT2D eigenvalue weighted by Gasteiger charge is 2.18. The Morgan fingerprint density at radius 2 is 1.70 bits per heavy atom. The number of carboxylic acids is 1. The fourth-order valence-corrected chi connectivity index (χ4v) is 5.91. The van der Waals surface area contributed by atoms with Crippen molar-refractivity contribution in [2.24, 2.45) is 0 Å². The first-order chi connectivity index (χ1) is 21.4. The van der Waals surface area contributed by atoms with E-state index in [-0.39, 0.29) is 12.2 Å². The molecular formula is C35H35ClN2O6. The molecule has 9 heteroatoms. The number of hydrogen-bond acceptors (Lipinski definition) is 7. The van der Waals surface area contributed by atoms with Crippen molar-refractivity contribution >= 4 is 17.6 Å². The summed E-state index contributed by atoms with van der Waals surface area (Å²) in [7, 11) is 0. The Morgan fingerprint density at radius 1 is 0.909 bits per heavy atom. The lowest BCUT2D eigenvalue weighted by Gasteiger charge is -2.27. The predicted octanol–water partition coefficient (Wildman–Crippen LogP) is 7.32. The van der Waals surface area contributed by atoms with E-state index >= 15 is 0 Å². The van der Waals surface area contributed by atoms with E-state index in [0.29, 0.717) is 48.5 Å². The maximum absolute atomic E-state index is 11.4. The summed E-state index contributed by atoms with van der Waals surface area (Å²) < 4.78 is 24.1. The standard InChI is InChI=1S/C35H35ClN2O6/c1-23-26(6-5-7-29(23)25-8-9-31-34(16-25)42-13-12-41-31)22-44-33-17-32(43-21-24-14-27(35(39)40)19-37-18-24)28(15-30(33)36)20-38-10-3-2-4-11-38/h5-9,14-19H,2-4,10-13,20-22H2,1H3,(H,39,40). The van der Waals surface area contributed by atoms with Gasteiger partial charge in [0, 0.05) is 36.1 Å². The van der Waals surface area contributed by atoms with E-state index in [1.807, 2.05) is 36.4 Å². The highest BCUT2D eigenvalue weighted by molar-refractivity contribution is 6.32. The molecule has 0 saturated carbocycles. The number of carboxylic acid groups (broad SMARTS) is 1. The number of halogens is 1. The average molecular weight is 615 g/mol. The summed E-state index contributed by atoms with van der Waals surface area (Å²) in [6.07, 6.45) is 6.52. The van der Waals surface area contributed by atoms with E-state index in [0.717, 1.165) is 52.4 Å². The van der Waals surface area contributed by atoms with Crippen molar-refractivity contribution in [3.63, 3.8) is 0 Å². The van der Waals surface area contributed by atoms with E-state index in [1.165, 1.54) is 25.5 Å². The van der Waals surface area contributed by atoms with Gasteiger partial charge in [-0.05, 0) is 79.4 Å². The number of benzene rings is 3. The Kier molecular flexibility index (Phi) is 9.19. The number of rotatable bonds is 10. The number of ether oxygens (including phenoxy) is 4. The summed E-state index contributed by atoms with van der Waals surface area (Å²) in [5.41, 5.74) is 6.02. The largest absolute Gasteiger partial charge is 0.488 e. The molecule has 0 radical (unpaired) electrons. The first kappa shape index (κ1) is 29.8. The lowest BCUT2D eigenvalue weighted by Crippen LogP contribution is -2.29. The van der Waals surface area contributed by atoms with Crippen LogP contribution in [-0.4, -0.2) is 47.3 Å². The van der Waals surface area contributed by atoms with Gasteiger partial charge in [0.2, 0.25) is 0 Å². The summed E-state index contributed by atoms with van der Waals surface area (Å²) >= 11 is 6.79. The van der Waals surface area contributed by atoms with E-state index in [1.54, 1.807) is 12.3 Å². The maximum Gasteiger partial charge on any atom is 0.337 e. The molecule has 44 heavy (non-hydrogen) atoms. The van der Waals surface area contributed by atoms with Gasteiger partial charge in [-0.25, -0.2) is 4.79 Å². The number of pyridine rings is 1. The molecule has 0 aliphatic carbocycles. The zero-order valence-electron chi connectivity index (χ0n) is 24.7. The number of hydrogen-bond donors (Lipinski definition) is 1. The van der Waals surface area contributed by atoms with Crippen molar-refractivity contribution < 1.29 is 28.8 Å². The van der Waals surface area contributed by atoms with Crippen LogP contribution in [-0.2, 0) is 19.8 Å². The van der Waals surface area contributed by atoms with Crippen molar-refractivity contribution in [1.29, 1.82) is 0 Å². The van der Waals surface area contributed by atoms with Crippen LogP contribution in [0.3, 0.4) is 0 Å². The number of piperidine rings is 1. The van der Waals surface area contributed by atoms with Crippen molar-refractivity contribution in [1.82, 2.24) is 9.88 Å². The summed E-state index contributed by atoms with van der Waals surface area (Å²) in [4.78, 5) is 17.9. The minimum atomic E-state index is -1.03. The minimum absolute atomic E-state index is 0.119. The lowest BCUT2D eigenvalue weighted by atomic mass is 9.96. The second-order valence-electron chi connectivity index (χ2n) is 11.1. The van der Waals surface area contributed by atoms with Crippen molar-refractivity contribution in [3.05, 3.63) is 99.8 Å². The Labute approximate surface area is 262 Å². The van der Waals surface area contributed by atoms with Crippen LogP contribution in [0.1, 0.15) is 51.9 Å². The van der Waals surface area contributed by atoms with Gasteiger partial charge < -0.3 is 24.1 Å². The molecule has 1 N–H and O–H groups in total. The third-order valence-electron chi connectivity index (χ3n) is 8.08. The van der Waals surface area contributed by atoms with Gasteiger partial charge in [-0.15, -0.1) is 0 Å². The molecule has 0 atom stereocenters. The smallest absolute Gasteiger partial charge is 0.337 e. The molecule has 228 valence electrons. The van der Waals surface area contributed by atoms with Crippen LogP contribution in [0.2, 0.25) is 5.02 Å². The Hall–Kier alpha value is -4.27. The summed E-state index contributed by atoms with van der Waals surface area (Å²) in [6.45, 7) is 6.43. The lowest BCUT2D eigenvalue weighted by molar-refractivity contribution is 0.0696. The van der Waals surface area contributed by atoms with E-state index in [9.17, 15) is 9.90 Å². The number of aromatic carboxylic acids is 1. The molecule has 4 aromatic rings. The zero-order chi connectivity index (χ0) is 30.5. The SMILES string of the molecule is Cc1c(COc2cc(OCc3cncc(C(=O)O)c3)c(CN3CCCCC3)cc2Cl)cccc1-c1ccc2c(c1)OCCO2. The molecule has 2 aliphatic rings. The van der Waals surface area contributed by atoms with Crippen LogP contribution in [0.25, 0.3) is 11.1 Å².